The topological polar surface area (TPSA) is 46.3 Å². The van der Waals surface area contributed by atoms with Gasteiger partial charge in [-0.15, -0.1) is 12.3 Å². The molecule has 0 fully saturated rings. The summed E-state index contributed by atoms with van der Waals surface area (Å²) in [6.45, 7) is 1.29. The van der Waals surface area contributed by atoms with E-state index in [0.717, 1.165) is 0 Å². The highest BCUT2D eigenvalue weighted by Crippen LogP contribution is 2.22. The van der Waals surface area contributed by atoms with Gasteiger partial charge in [0.2, 0.25) is 5.91 Å². The summed E-state index contributed by atoms with van der Waals surface area (Å²) in [5.74, 6) is 2.36. The van der Waals surface area contributed by atoms with Crippen LogP contribution in [-0.2, 0) is 17.9 Å². The fraction of sp³-hybridized carbons (Fsp3) is 0.308. The van der Waals surface area contributed by atoms with Gasteiger partial charge in [-0.3, -0.25) is 4.79 Å². The molecule has 0 saturated carbocycles. The van der Waals surface area contributed by atoms with Crippen molar-refractivity contribution in [1.82, 2.24) is 4.90 Å². The van der Waals surface area contributed by atoms with E-state index in [2.05, 4.69) is 5.92 Å². The number of carbonyl (C=O) groups excluding carboxylic acids is 1. The molecule has 0 saturated heterocycles. The van der Waals surface area contributed by atoms with Gasteiger partial charge >= 0.3 is 0 Å². The molecule has 0 radical (unpaired) electrons. The van der Waals surface area contributed by atoms with Gasteiger partial charge in [0.15, 0.2) is 0 Å². The molecule has 0 aromatic heterocycles. The van der Waals surface area contributed by atoms with Crippen molar-refractivity contribution < 1.29 is 4.79 Å². The number of benzene rings is 1. The van der Waals surface area contributed by atoms with Crippen molar-refractivity contribution in [2.75, 3.05) is 0 Å². The van der Waals surface area contributed by atoms with Gasteiger partial charge in [-0.2, -0.15) is 0 Å². The second kappa shape index (κ2) is 4.38. The van der Waals surface area contributed by atoms with E-state index in [4.69, 9.17) is 12.2 Å². The Balaban J connectivity index is 2.07. The molecule has 1 aliphatic rings. The molecule has 0 aliphatic carbocycles. The monoisotopic (exact) mass is 214 g/mol. The molecule has 1 aromatic rings. The molecule has 2 N–H and O–H groups in total. The van der Waals surface area contributed by atoms with Crippen LogP contribution in [0.2, 0.25) is 0 Å². The summed E-state index contributed by atoms with van der Waals surface area (Å²) in [4.78, 5) is 13.7. The first-order valence-electron chi connectivity index (χ1n) is 5.27. The molecule has 82 valence electrons. The number of terminal acetylenes is 1. The number of fused-ring (bicyclic) bond motifs is 1. The van der Waals surface area contributed by atoms with Crippen molar-refractivity contribution in [3.05, 3.63) is 35.4 Å². The highest BCUT2D eigenvalue weighted by Gasteiger charge is 2.26. The first kappa shape index (κ1) is 10.7. The van der Waals surface area contributed by atoms with Gasteiger partial charge in [0.25, 0.3) is 0 Å². The fourth-order valence-electron chi connectivity index (χ4n) is 1.94. The molecule has 3 heteroatoms. The lowest BCUT2D eigenvalue weighted by molar-refractivity contribution is -0.133. The van der Waals surface area contributed by atoms with Crippen molar-refractivity contribution >= 4 is 5.91 Å². The maximum atomic E-state index is 11.9. The molecule has 1 aliphatic heterocycles. The second-order valence-electron chi connectivity index (χ2n) is 3.98. The van der Waals surface area contributed by atoms with Crippen LogP contribution in [-0.4, -0.2) is 16.8 Å². The molecule has 1 heterocycles. The van der Waals surface area contributed by atoms with Crippen molar-refractivity contribution in [2.45, 2.75) is 25.6 Å². The molecule has 1 amide bonds. The molecular weight excluding hydrogens is 200 g/mol. The summed E-state index contributed by atoms with van der Waals surface area (Å²) in [5, 5.41) is 0. The van der Waals surface area contributed by atoms with Gasteiger partial charge in [-0.25, -0.2) is 0 Å². The van der Waals surface area contributed by atoms with E-state index in [1.165, 1.54) is 11.1 Å². The highest BCUT2D eigenvalue weighted by molar-refractivity contribution is 5.82. The van der Waals surface area contributed by atoms with Crippen molar-refractivity contribution in [3.63, 3.8) is 0 Å². The van der Waals surface area contributed by atoms with Crippen molar-refractivity contribution in [2.24, 2.45) is 5.73 Å². The third-order valence-electron chi connectivity index (χ3n) is 2.81. The number of hydrogen-bond acceptors (Lipinski definition) is 2. The van der Waals surface area contributed by atoms with Crippen LogP contribution in [0.15, 0.2) is 24.3 Å². The Morgan fingerprint density at radius 3 is 2.50 bits per heavy atom. The number of amides is 1. The average molecular weight is 214 g/mol. The smallest absolute Gasteiger partial charge is 0.241 e. The number of nitrogens with two attached hydrogens (primary N) is 1. The lowest BCUT2D eigenvalue weighted by Gasteiger charge is -2.18. The van der Waals surface area contributed by atoms with Gasteiger partial charge in [0, 0.05) is 19.5 Å². The lowest BCUT2D eigenvalue weighted by atomic mass is 10.1. The maximum Gasteiger partial charge on any atom is 0.241 e. The Hall–Kier alpha value is -1.79. The number of carbonyl (C=O) groups is 1. The van der Waals surface area contributed by atoms with E-state index in [9.17, 15) is 4.79 Å². The molecule has 1 aromatic carbocycles. The first-order chi connectivity index (χ1) is 7.72. The van der Waals surface area contributed by atoms with E-state index >= 15 is 0 Å². The minimum atomic E-state index is -0.570. The number of rotatable bonds is 2. The summed E-state index contributed by atoms with van der Waals surface area (Å²) < 4.78 is 0. The van der Waals surface area contributed by atoms with Crippen molar-refractivity contribution in [1.29, 1.82) is 0 Å². The van der Waals surface area contributed by atoms with Gasteiger partial charge in [0.1, 0.15) is 0 Å². The van der Waals surface area contributed by atoms with Crippen LogP contribution in [0.25, 0.3) is 0 Å². The van der Waals surface area contributed by atoms with Crippen LogP contribution in [0.1, 0.15) is 17.5 Å². The first-order valence-corrected chi connectivity index (χ1v) is 5.27. The minimum absolute atomic E-state index is 0.0610. The van der Waals surface area contributed by atoms with Gasteiger partial charge in [0.05, 0.1) is 6.04 Å². The standard InChI is InChI=1S/C13H14N2O/c1-2-5-12(14)13(16)15-8-10-6-3-4-7-11(10)9-15/h1,3-4,6-7,12H,5,8-9,14H2. The van der Waals surface area contributed by atoms with Crippen LogP contribution in [0, 0.1) is 12.3 Å². The van der Waals surface area contributed by atoms with Crippen molar-refractivity contribution in [3.8, 4) is 12.3 Å². The Labute approximate surface area is 95.2 Å². The maximum absolute atomic E-state index is 11.9. The van der Waals surface area contributed by atoms with E-state index in [1.807, 2.05) is 24.3 Å². The van der Waals surface area contributed by atoms with Crippen LogP contribution in [0.3, 0.4) is 0 Å². The van der Waals surface area contributed by atoms with E-state index in [1.54, 1.807) is 4.90 Å². The fourth-order valence-corrected chi connectivity index (χ4v) is 1.94. The van der Waals surface area contributed by atoms with Gasteiger partial charge in [-0.1, -0.05) is 24.3 Å². The summed E-state index contributed by atoms with van der Waals surface area (Å²) >= 11 is 0. The molecule has 0 spiro atoms. The average Bonchev–Trinajstić information content (AvgIpc) is 2.71. The third-order valence-corrected chi connectivity index (χ3v) is 2.81. The van der Waals surface area contributed by atoms with Crippen LogP contribution in [0.4, 0.5) is 0 Å². The van der Waals surface area contributed by atoms with Crippen LogP contribution >= 0.6 is 0 Å². The van der Waals surface area contributed by atoms with Crippen LogP contribution < -0.4 is 5.73 Å². The normalized spacial score (nSPS) is 15.4. The SMILES string of the molecule is C#CCC(N)C(=O)N1Cc2ccccc2C1. The molecule has 1 atom stereocenters. The van der Waals surface area contributed by atoms with E-state index < -0.39 is 6.04 Å². The predicted octanol–water partition coefficient (Wildman–Crippen LogP) is 0.879. The molecule has 16 heavy (non-hydrogen) atoms. The molecule has 1 unspecified atom stereocenters. The second-order valence-corrected chi connectivity index (χ2v) is 3.98. The minimum Gasteiger partial charge on any atom is -0.333 e. The Kier molecular flexibility index (Phi) is 2.93. The summed E-state index contributed by atoms with van der Waals surface area (Å²) in [7, 11) is 0. The van der Waals surface area contributed by atoms with Crippen LogP contribution in [0.5, 0.6) is 0 Å². The summed E-state index contributed by atoms with van der Waals surface area (Å²) in [5.41, 5.74) is 8.10. The van der Waals surface area contributed by atoms with Gasteiger partial charge in [-0.05, 0) is 11.1 Å². The zero-order chi connectivity index (χ0) is 11.5. The molecule has 2 rings (SSSR count). The van der Waals surface area contributed by atoms with Gasteiger partial charge < -0.3 is 10.6 Å². The highest BCUT2D eigenvalue weighted by atomic mass is 16.2. The predicted molar refractivity (Wildman–Crippen MR) is 62.1 cm³/mol. The number of nitrogens with zero attached hydrogens (tertiary/aromatic N) is 1. The Morgan fingerprint density at radius 1 is 1.44 bits per heavy atom. The Bertz CT molecular complexity index is 422. The summed E-state index contributed by atoms with van der Waals surface area (Å²) in [6.07, 6.45) is 5.45. The summed E-state index contributed by atoms with van der Waals surface area (Å²) in [6, 6.07) is 7.46. The largest absolute Gasteiger partial charge is 0.333 e. The number of hydrogen-bond donors (Lipinski definition) is 1. The lowest BCUT2D eigenvalue weighted by Crippen LogP contribution is -2.40. The third kappa shape index (κ3) is 1.93. The Morgan fingerprint density at radius 2 is 2.00 bits per heavy atom. The van der Waals surface area contributed by atoms with E-state index in [-0.39, 0.29) is 5.91 Å². The molecule has 0 bridgehead atoms. The zero-order valence-corrected chi connectivity index (χ0v) is 9.02. The van der Waals surface area contributed by atoms with E-state index in [0.29, 0.717) is 19.5 Å². The quantitative estimate of drug-likeness (QED) is 0.743. The zero-order valence-electron chi connectivity index (χ0n) is 9.02. The molecular formula is C13H14N2O. The molecule has 3 nitrogen and oxygen atoms in total.